The molecule has 0 radical (unpaired) electrons. The lowest BCUT2D eigenvalue weighted by atomic mass is 10.2. The van der Waals surface area contributed by atoms with Crippen LogP contribution in [0.3, 0.4) is 0 Å². The quantitative estimate of drug-likeness (QED) is 0.546. The fraction of sp³-hybridized carbons (Fsp3) is 0. The van der Waals surface area contributed by atoms with Crippen LogP contribution in [-0.2, 0) is 0 Å². The molecular weight excluding hydrogens is 378 g/mol. The molecule has 3 rings (SSSR count). The maximum atomic E-state index is 12.4. The number of carbonyl (C=O) groups excluding carboxylic acids is 1. The topological polar surface area (TPSA) is 103 Å². The number of rotatable bonds is 4. The van der Waals surface area contributed by atoms with E-state index >= 15 is 0 Å². The third-order valence-corrected chi connectivity index (χ3v) is 3.83. The summed E-state index contributed by atoms with van der Waals surface area (Å²) in [7, 11) is 0. The van der Waals surface area contributed by atoms with Gasteiger partial charge in [-0.25, -0.2) is 9.67 Å². The Morgan fingerprint density at radius 3 is 2.79 bits per heavy atom. The van der Waals surface area contributed by atoms with E-state index in [0.717, 1.165) is 0 Å². The van der Waals surface area contributed by atoms with Crippen LogP contribution in [0.15, 0.2) is 59.5 Å². The van der Waals surface area contributed by atoms with Gasteiger partial charge >= 0.3 is 0 Å². The van der Waals surface area contributed by atoms with E-state index in [9.17, 15) is 14.9 Å². The molecular formula is C15H10BrN5O3. The minimum Gasteiger partial charge on any atom is -0.319 e. The number of aromatic nitrogens is 3. The number of nitrogens with zero attached hydrogens (tertiary/aromatic N) is 4. The first-order valence-corrected chi connectivity index (χ1v) is 7.56. The number of hydrogen-bond donors (Lipinski definition) is 1. The van der Waals surface area contributed by atoms with Crippen molar-refractivity contribution < 1.29 is 9.72 Å². The molecule has 0 spiro atoms. The molecule has 0 aliphatic heterocycles. The maximum absolute atomic E-state index is 12.4. The van der Waals surface area contributed by atoms with Gasteiger partial charge in [0, 0.05) is 30.2 Å². The fourth-order valence-electron chi connectivity index (χ4n) is 2.06. The summed E-state index contributed by atoms with van der Waals surface area (Å²) in [4.78, 5) is 27.0. The standard InChI is InChI=1S/C15H10BrN5O3/c16-11-5-4-10(9-13(11)21(23)24)15(22)19-12-3-1-6-17-14(12)20-8-2-7-18-20/h1-9H,(H,19,22). The molecule has 0 unspecified atom stereocenters. The molecule has 2 heterocycles. The summed E-state index contributed by atoms with van der Waals surface area (Å²) < 4.78 is 1.82. The lowest BCUT2D eigenvalue weighted by molar-refractivity contribution is -0.385. The van der Waals surface area contributed by atoms with E-state index in [2.05, 4.69) is 31.3 Å². The Bertz CT molecular complexity index is 911. The second-order valence-corrected chi connectivity index (χ2v) is 5.56. The third kappa shape index (κ3) is 3.15. The van der Waals surface area contributed by atoms with Crippen LogP contribution in [0.1, 0.15) is 10.4 Å². The number of amides is 1. The van der Waals surface area contributed by atoms with Gasteiger partial charge < -0.3 is 5.32 Å². The molecule has 2 aromatic heterocycles. The highest BCUT2D eigenvalue weighted by Gasteiger charge is 2.17. The average Bonchev–Trinajstić information content (AvgIpc) is 3.09. The first-order valence-electron chi connectivity index (χ1n) is 6.76. The van der Waals surface area contributed by atoms with Gasteiger partial charge in [0.25, 0.3) is 11.6 Å². The molecule has 0 aliphatic rings. The Balaban J connectivity index is 1.91. The average molecular weight is 388 g/mol. The molecule has 24 heavy (non-hydrogen) atoms. The number of anilines is 1. The van der Waals surface area contributed by atoms with Crippen LogP contribution in [0.4, 0.5) is 11.4 Å². The number of nitrogens with one attached hydrogen (secondary N) is 1. The van der Waals surface area contributed by atoms with Gasteiger partial charge in [-0.15, -0.1) is 0 Å². The van der Waals surface area contributed by atoms with E-state index in [1.165, 1.54) is 22.9 Å². The van der Waals surface area contributed by atoms with Crippen LogP contribution in [0.2, 0.25) is 0 Å². The van der Waals surface area contributed by atoms with E-state index in [4.69, 9.17) is 0 Å². The Morgan fingerprint density at radius 2 is 2.08 bits per heavy atom. The molecule has 3 aromatic rings. The number of hydrogen-bond acceptors (Lipinski definition) is 5. The Morgan fingerprint density at radius 1 is 1.25 bits per heavy atom. The summed E-state index contributed by atoms with van der Waals surface area (Å²) in [5, 5.41) is 17.8. The largest absolute Gasteiger partial charge is 0.319 e. The smallest absolute Gasteiger partial charge is 0.284 e. The van der Waals surface area contributed by atoms with Crippen molar-refractivity contribution in [2.45, 2.75) is 0 Å². The molecule has 0 saturated carbocycles. The zero-order valence-corrected chi connectivity index (χ0v) is 13.7. The number of carbonyl (C=O) groups is 1. The van der Waals surface area contributed by atoms with Crippen LogP contribution in [0.25, 0.3) is 5.82 Å². The maximum Gasteiger partial charge on any atom is 0.284 e. The van der Waals surface area contributed by atoms with Crippen molar-refractivity contribution in [3.8, 4) is 5.82 Å². The van der Waals surface area contributed by atoms with Gasteiger partial charge in [0.2, 0.25) is 0 Å². The monoisotopic (exact) mass is 387 g/mol. The van der Waals surface area contributed by atoms with Gasteiger partial charge in [0.05, 0.1) is 15.1 Å². The molecule has 1 N–H and O–H groups in total. The Hall–Kier alpha value is -3.07. The number of benzene rings is 1. The first kappa shape index (κ1) is 15.8. The Labute approximate surface area is 144 Å². The van der Waals surface area contributed by atoms with Gasteiger partial charge in [0.15, 0.2) is 5.82 Å². The summed E-state index contributed by atoms with van der Waals surface area (Å²) in [6, 6.07) is 9.25. The van der Waals surface area contributed by atoms with Crippen LogP contribution in [-0.4, -0.2) is 25.6 Å². The van der Waals surface area contributed by atoms with Gasteiger partial charge in [0.1, 0.15) is 0 Å². The minimum atomic E-state index is -0.555. The second-order valence-electron chi connectivity index (χ2n) is 4.70. The van der Waals surface area contributed by atoms with Crippen molar-refractivity contribution in [3.05, 3.63) is 75.1 Å². The van der Waals surface area contributed by atoms with Crippen LogP contribution >= 0.6 is 15.9 Å². The van der Waals surface area contributed by atoms with Crippen molar-refractivity contribution in [2.24, 2.45) is 0 Å². The summed E-state index contributed by atoms with van der Waals surface area (Å²) in [6.07, 6.45) is 4.87. The highest BCUT2D eigenvalue weighted by Crippen LogP contribution is 2.26. The van der Waals surface area contributed by atoms with E-state index in [1.807, 2.05) is 0 Å². The second kappa shape index (κ2) is 6.59. The van der Waals surface area contributed by atoms with Gasteiger partial charge in [-0.1, -0.05) is 0 Å². The molecule has 9 heteroatoms. The van der Waals surface area contributed by atoms with Crippen molar-refractivity contribution in [2.75, 3.05) is 5.32 Å². The molecule has 8 nitrogen and oxygen atoms in total. The summed E-state index contributed by atoms with van der Waals surface area (Å²) in [6.45, 7) is 0. The Kier molecular flexibility index (Phi) is 4.34. The highest BCUT2D eigenvalue weighted by molar-refractivity contribution is 9.10. The summed E-state index contributed by atoms with van der Waals surface area (Å²) in [5.74, 6) is -0.0329. The van der Waals surface area contributed by atoms with Crippen LogP contribution < -0.4 is 5.32 Å². The predicted molar refractivity (Wildman–Crippen MR) is 90.1 cm³/mol. The lowest BCUT2D eigenvalue weighted by Gasteiger charge is -2.10. The van der Waals surface area contributed by atoms with E-state index in [0.29, 0.717) is 16.0 Å². The molecule has 0 saturated heterocycles. The minimum absolute atomic E-state index is 0.167. The van der Waals surface area contributed by atoms with Gasteiger partial charge in [-0.2, -0.15) is 5.10 Å². The van der Waals surface area contributed by atoms with Crippen molar-refractivity contribution in [1.82, 2.24) is 14.8 Å². The molecule has 0 fully saturated rings. The first-order chi connectivity index (χ1) is 11.6. The van der Waals surface area contributed by atoms with E-state index in [-0.39, 0.29) is 11.3 Å². The molecule has 0 bridgehead atoms. The molecule has 0 atom stereocenters. The van der Waals surface area contributed by atoms with Crippen molar-refractivity contribution in [3.63, 3.8) is 0 Å². The highest BCUT2D eigenvalue weighted by atomic mass is 79.9. The number of nitro groups is 1. The number of pyridine rings is 1. The number of halogens is 1. The lowest BCUT2D eigenvalue weighted by Crippen LogP contribution is -2.15. The zero-order valence-electron chi connectivity index (χ0n) is 12.1. The predicted octanol–water partition coefficient (Wildman–Crippen LogP) is 3.19. The SMILES string of the molecule is O=C(Nc1cccnc1-n1cccn1)c1ccc(Br)c([N+](=O)[O-])c1. The molecule has 1 amide bonds. The van der Waals surface area contributed by atoms with E-state index < -0.39 is 10.8 Å². The van der Waals surface area contributed by atoms with Crippen LogP contribution in [0.5, 0.6) is 0 Å². The molecule has 1 aromatic carbocycles. The van der Waals surface area contributed by atoms with Gasteiger partial charge in [-0.3, -0.25) is 14.9 Å². The third-order valence-electron chi connectivity index (χ3n) is 3.16. The number of nitro benzene ring substituents is 1. The van der Waals surface area contributed by atoms with Gasteiger partial charge in [-0.05, 0) is 46.3 Å². The van der Waals surface area contributed by atoms with Crippen molar-refractivity contribution in [1.29, 1.82) is 0 Å². The summed E-state index contributed by atoms with van der Waals surface area (Å²) in [5.41, 5.74) is 0.429. The van der Waals surface area contributed by atoms with E-state index in [1.54, 1.807) is 36.8 Å². The van der Waals surface area contributed by atoms with Crippen molar-refractivity contribution >= 4 is 33.2 Å². The molecule has 120 valence electrons. The normalized spacial score (nSPS) is 10.4. The fourth-order valence-corrected chi connectivity index (χ4v) is 2.45. The molecule has 0 aliphatic carbocycles. The van der Waals surface area contributed by atoms with Crippen LogP contribution in [0, 0.1) is 10.1 Å². The summed E-state index contributed by atoms with van der Waals surface area (Å²) >= 11 is 3.09. The zero-order chi connectivity index (χ0) is 17.1.